The smallest absolute Gasteiger partial charge is 0.261 e. The monoisotopic (exact) mass is 610 g/mol. The second-order valence-electron chi connectivity index (χ2n) is 12.9. The molecule has 0 unspecified atom stereocenters. The minimum Gasteiger partial charge on any atom is -0.407 e. The molecule has 0 bridgehead atoms. The maximum absolute atomic E-state index is 13.1. The molecule has 0 spiro atoms. The summed E-state index contributed by atoms with van der Waals surface area (Å²) in [6, 6.07) is 28.8. The molecule has 0 saturated heterocycles. The van der Waals surface area contributed by atoms with Crippen LogP contribution in [0.2, 0.25) is 5.04 Å². The Morgan fingerprint density at radius 1 is 0.929 bits per heavy atom. The molecule has 0 aliphatic heterocycles. The van der Waals surface area contributed by atoms with Crippen LogP contribution in [-0.2, 0) is 14.3 Å². The standard InChI is InChI=1S/C34H46O6SSi/c1-26-22-28(25-40-42(33(2,3)4,30-16-10-6-11-17-30)31-18-12-7-13-19-31)34(37,23-32(26)36)27(24-35)20-21-41(38,39)29-14-8-5-9-15-29/h5-19,26-28,32,35-37H,20-25H2,1-4H3/t26-,27+,28-,32-,34+/m0/s1. The second-order valence-corrected chi connectivity index (χ2v) is 19.4. The topological polar surface area (TPSA) is 104 Å². The fourth-order valence-electron chi connectivity index (χ4n) is 6.75. The molecule has 0 amide bonds. The van der Waals surface area contributed by atoms with Crippen LogP contribution in [0.15, 0.2) is 95.9 Å². The minimum absolute atomic E-state index is 0.0551. The van der Waals surface area contributed by atoms with Gasteiger partial charge in [0.05, 0.1) is 22.4 Å². The van der Waals surface area contributed by atoms with E-state index in [1.54, 1.807) is 30.3 Å². The Balaban J connectivity index is 1.68. The van der Waals surface area contributed by atoms with Crippen LogP contribution in [-0.4, -0.2) is 62.7 Å². The van der Waals surface area contributed by atoms with E-state index in [-0.39, 0.29) is 41.1 Å². The molecule has 4 rings (SSSR count). The van der Waals surface area contributed by atoms with Crippen LogP contribution < -0.4 is 10.4 Å². The van der Waals surface area contributed by atoms with E-state index in [2.05, 4.69) is 45.0 Å². The number of aliphatic hydroxyl groups excluding tert-OH is 2. The van der Waals surface area contributed by atoms with E-state index in [9.17, 15) is 23.7 Å². The first kappa shape index (κ1) is 32.6. The normalized spacial score (nSPS) is 24.3. The first-order valence-corrected chi connectivity index (χ1v) is 18.5. The lowest BCUT2D eigenvalue weighted by Gasteiger charge is -2.50. The molecule has 6 nitrogen and oxygen atoms in total. The van der Waals surface area contributed by atoms with E-state index in [1.165, 1.54) is 0 Å². The molecule has 3 aromatic rings. The number of benzene rings is 3. The van der Waals surface area contributed by atoms with Crippen molar-refractivity contribution in [3.63, 3.8) is 0 Å². The third-order valence-electron chi connectivity index (χ3n) is 9.24. The Bertz CT molecular complexity index is 1340. The van der Waals surface area contributed by atoms with Gasteiger partial charge in [-0.25, -0.2) is 8.42 Å². The number of hydrogen-bond donors (Lipinski definition) is 3. The average molecular weight is 611 g/mol. The van der Waals surface area contributed by atoms with Gasteiger partial charge < -0.3 is 19.7 Å². The average Bonchev–Trinajstić information content (AvgIpc) is 2.97. The lowest BCUT2D eigenvalue weighted by Crippen LogP contribution is -2.67. The van der Waals surface area contributed by atoms with Gasteiger partial charge in [0.25, 0.3) is 8.32 Å². The van der Waals surface area contributed by atoms with Crippen LogP contribution in [0.3, 0.4) is 0 Å². The molecule has 3 N–H and O–H groups in total. The minimum atomic E-state index is -3.61. The summed E-state index contributed by atoms with van der Waals surface area (Å²) in [5.74, 6) is -1.44. The van der Waals surface area contributed by atoms with Gasteiger partial charge in [-0.05, 0) is 46.3 Å². The summed E-state index contributed by atoms with van der Waals surface area (Å²) in [6.45, 7) is 8.39. The molecule has 1 aliphatic rings. The first-order chi connectivity index (χ1) is 19.8. The molecule has 1 saturated carbocycles. The Morgan fingerprint density at radius 3 is 1.90 bits per heavy atom. The van der Waals surface area contributed by atoms with Crippen molar-refractivity contribution < 1.29 is 28.2 Å². The molecule has 8 heteroatoms. The Kier molecular flexibility index (Phi) is 10.2. The van der Waals surface area contributed by atoms with Gasteiger partial charge in [0.2, 0.25) is 0 Å². The highest BCUT2D eigenvalue weighted by Crippen LogP contribution is 2.45. The largest absolute Gasteiger partial charge is 0.407 e. The van der Waals surface area contributed by atoms with Gasteiger partial charge >= 0.3 is 0 Å². The van der Waals surface area contributed by atoms with Crippen molar-refractivity contribution in [3.05, 3.63) is 91.0 Å². The van der Waals surface area contributed by atoms with Crippen LogP contribution in [0, 0.1) is 17.8 Å². The van der Waals surface area contributed by atoms with Gasteiger partial charge in [-0.3, -0.25) is 0 Å². The van der Waals surface area contributed by atoms with Crippen molar-refractivity contribution >= 4 is 28.5 Å². The molecular weight excluding hydrogens is 565 g/mol. The lowest BCUT2D eigenvalue weighted by atomic mass is 9.64. The summed E-state index contributed by atoms with van der Waals surface area (Å²) < 4.78 is 33.4. The van der Waals surface area contributed by atoms with Gasteiger partial charge in [0, 0.05) is 31.5 Å². The molecule has 0 heterocycles. The highest BCUT2D eigenvalue weighted by Gasteiger charge is 2.54. The third kappa shape index (κ3) is 6.59. The van der Waals surface area contributed by atoms with Gasteiger partial charge in [0.15, 0.2) is 9.84 Å². The maximum Gasteiger partial charge on any atom is 0.261 e. The number of sulfone groups is 1. The molecule has 228 valence electrons. The molecule has 5 atom stereocenters. The molecule has 42 heavy (non-hydrogen) atoms. The molecule has 3 aromatic carbocycles. The highest BCUT2D eigenvalue weighted by atomic mass is 32.2. The van der Waals surface area contributed by atoms with E-state index in [1.807, 2.05) is 43.3 Å². The SMILES string of the molecule is C[C@H]1C[C@@H](CO[Si](c2ccccc2)(c2ccccc2)C(C)(C)C)[C@](O)([C@@H](CO)CCS(=O)(=O)c2ccccc2)C[C@@H]1O. The zero-order valence-corrected chi connectivity index (χ0v) is 27.0. The van der Waals surface area contributed by atoms with Crippen LogP contribution in [0.1, 0.15) is 47.0 Å². The molecule has 0 aromatic heterocycles. The Labute approximate surface area is 252 Å². The summed E-state index contributed by atoms with van der Waals surface area (Å²) in [5, 5.41) is 35.7. The van der Waals surface area contributed by atoms with Gasteiger partial charge in [0.1, 0.15) is 0 Å². The van der Waals surface area contributed by atoms with E-state index >= 15 is 0 Å². The van der Waals surface area contributed by atoms with Crippen LogP contribution >= 0.6 is 0 Å². The predicted octanol–water partition coefficient (Wildman–Crippen LogP) is 4.17. The second kappa shape index (κ2) is 13.1. The maximum atomic E-state index is 13.1. The van der Waals surface area contributed by atoms with Crippen molar-refractivity contribution in [2.45, 2.75) is 68.6 Å². The molecule has 1 aliphatic carbocycles. The summed E-state index contributed by atoms with van der Waals surface area (Å²) in [7, 11) is -6.51. The van der Waals surface area contributed by atoms with E-state index in [0.29, 0.717) is 6.42 Å². The van der Waals surface area contributed by atoms with Gasteiger partial charge in [-0.15, -0.1) is 0 Å². The molecule has 1 fully saturated rings. The number of aliphatic hydroxyl groups is 3. The summed E-state index contributed by atoms with van der Waals surface area (Å²) in [6.07, 6.45) is -0.142. The van der Waals surface area contributed by atoms with Crippen molar-refractivity contribution in [1.29, 1.82) is 0 Å². The fraction of sp³-hybridized carbons (Fsp3) is 0.471. The zero-order valence-electron chi connectivity index (χ0n) is 25.2. The van der Waals surface area contributed by atoms with E-state index < -0.39 is 48.3 Å². The van der Waals surface area contributed by atoms with Crippen molar-refractivity contribution in [2.75, 3.05) is 19.0 Å². The van der Waals surface area contributed by atoms with Crippen LogP contribution in [0.25, 0.3) is 0 Å². The van der Waals surface area contributed by atoms with Crippen LogP contribution in [0.5, 0.6) is 0 Å². The summed E-state index contributed by atoms with van der Waals surface area (Å²) in [5.41, 5.74) is -1.50. The van der Waals surface area contributed by atoms with E-state index in [0.717, 1.165) is 10.4 Å². The first-order valence-electron chi connectivity index (χ1n) is 14.9. The van der Waals surface area contributed by atoms with Gasteiger partial charge in [-0.1, -0.05) is 107 Å². The Hall–Kier alpha value is -2.33. The third-order valence-corrected chi connectivity index (χ3v) is 16.0. The van der Waals surface area contributed by atoms with Crippen molar-refractivity contribution in [2.24, 2.45) is 17.8 Å². The Morgan fingerprint density at radius 2 is 1.43 bits per heavy atom. The quantitative estimate of drug-likeness (QED) is 0.282. The lowest BCUT2D eigenvalue weighted by molar-refractivity contribution is -0.158. The fourth-order valence-corrected chi connectivity index (χ4v) is 12.8. The van der Waals surface area contributed by atoms with E-state index in [4.69, 9.17) is 4.43 Å². The number of rotatable bonds is 11. The van der Waals surface area contributed by atoms with Crippen molar-refractivity contribution in [3.8, 4) is 0 Å². The molecule has 0 radical (unpaired) electrons. The molecular formula is C34H46O6SSi. The summed E-state index contributed by atoms with van der Waals surface area (Å²) >= 11 is 0. The zero-order chi connectivity index (χ0) is 30.6. The van der Waals surface area contributed by atoms with Gasteiger partial charge in [-0.2, -0.15) is 0 Å². The highest BCUT2D eigenvalue weighted by molar-refractivity contribution is 7.91. The summed E-state index contributed by atoms with van der Waals surface area (Å²) in [4.78, 5) is 0.220. The van der Waals surface area contributed by atoms with Crippen LogP contribution in [0.4, 0.5) is 0 Å². The predicted molar refractivity (Wildman–Crippen MR) is 170 cm³/mol. The van der Waals surface area contributed by atoms with Crippen molar-refractivity contribution in [1.82, 2.24) is 0 Å². The number of hydrogen-bond acceptors (Lipinski definition) is 6.